The Labute approximate surface area is 107 Å². The minimum absolute atomic E-state index is 0.0509. The summed E-state index contributed by atoms with van der Waals surface area (Å²) >= 11 is 0. The number of ether oxygens (including phenoxy) is 1. The minimum Gasteiger partial charge on any atom is -0.357 e. The fourth-order valence-corrected chi connectivity index (χ4v) is 1.89. The highest BCUT2D eigenvalue weighted by molar-refractivity contribution is 6.03. The van der Waals surface area contributed by atoms with Gasteiger partial charge in [-0.2, -0.15) is 10.1 Å². The Morgan fingerprint density at radius 3 is 2.61 bits per heavy atom. The molecule has 1 rings (SSSR count). The number of urea groups is 1. The van der Waals surface area contributed by atoms with Crippen LogP contribution in [0.3, 0.4) is 0 Å². The third-order valence-electron chi connectivity index (χ3n) is 2.80. The maximum atomic E-state index is 12.0. The van der Waals surface area contributed by atoms with Crippen molar-refractivity contribution in [1.82, 2.24) is 9.91 Å². The summed E-state index contributed by atoms with van der Waals surface area (Å²) in [5.41, 5.74) is 5.81. The lowest BCUT2D eigenvalue weighted by Gasteiger charge is -2.34. The van der Waals surface area contributed by atoms with E-state index in [9.17, 15) is 9.59 Å². The van der Waals surface area contributed by atoms with Crippen LogP contribution in [0.15, 0.2) is 5.10 Å². The Bertz CT molecular complexity index is 367. The summed E-state index contributed by atoms with van der Waals surface area (Å²) in [5.74, 6) is -0.419. The Kier molecular flexibility index (Phi) is 4.66. The average Bonchev–Trinajstić information content (AvgIpc) is 2.29. The molecular formula is C11H20N4O3. The Hall–Kier alpha value is -1.63. The standard InChI is InChI=1S/C11H20N4O3/c1-5-18-9-6-8(10(16)14(3)4)7(2)13-15(9)11(12)17/h8-9H,5-6H2,1-4H3,(H2,12,17)/t8-,9+/m0/s1. The minimum atomic E-state index is -0.677. The van der Waals surface area contributed by atoms with Gasteiger partial charge in [0.25, 0.3) is 0 Å². The van der Waals surface area contributed by atoms with Gasteiger partial charge >= 0.3 is 6.03 Å². The van der Waals surface area contributed by atoms with Gasteiger partial charge in [0, 0.05) is 32.8 Å². The van der Waals surface area contributed by atoms with E-state index in [1.807, 2.05) is 6.92 Å². The molecule has 0 saturated carbocycles. The molecule has 3 amide bonds. The summed E-state index contributed by atoms with van der Waals surface area (Å²) in [6.45, 7) is 3.95. The molecule has 1 aliphatic heterocycles. The van der Waals surface area contributed by atoms with E-state index in [0.29, 0.717) is 18.7 Å². The van der Waals surface area contributed by atoms with Gasteiger partial charge in [0.15, 0.2) is 6.23 Å². The van der Waals surface area contributed by atoms with Crippen molar-refractivity contribution in [3.05, 3.63) is 0 Å². The van der Waals surface area contributed by atoms with Crippen LogP contribution in [-0.2, 0) is 9.53 Å². The van der Waals surface area contributed by atoms with Gasteiger partial charge in [-0.25, -0.2) is 4.79 Å². The third kappa shape index (κ3) is 2.98. The maximum absolute atomic E-state index is 12.0. The predicted octanol–water partition coefficient (Wildman–Crippen LogP) is 0.214. The summed E-state index contributed by atoms with van der Waals surface area (Å²) in [6.07, 6.45) is -0.201. The zero-order valence-electron chi connectivity index (χ0n) is 11.2. The van der Waals surface area contributed by atoms with Crippen LogP contribution in [0.4, 0.5) is 4.79 Å². The molecular weight excluding hydrogens is 236 g/mol. The normalized spacial score (nSPS) is 23.6. The molecule has 0 aromatic carbocycles. The zero-order chi connectivity index (χ0) is 13.9. The topological polar surface area (TPSA) is 88.2 Å². The summed E-state index contributed by atoms with van der Waals surface area (Å²) in [6, 6.07) is -0.677. The predicted molar refractivity (Wildman–Crippen MR) is 66.7 cm³/mol. The molecule has 0 radical (unpaired) electrons. The zero-order valence-corrected chi connectivity index (χ0v) is 11.2. The lowest BCUT2D eigenvalue weighted by molar-refractivity contribution is -0.134. The lowest BCUT2D eigenvalue weighted by atomic mass is 9.96. The van der Waals surface area contributed by atoms with Crippen LogP contribution in [0.1, 0.15) is 20.3 Å². The number of carbonyl (C=O) groups excluding carboxylic acids is 2. The molecule has 0 fully saturated rings. The molecule has 1 aliphatic rings. The molecule has 0 saturated heterocycles. The van der Waals surface area contributed by atoms with Crippen LogP contribution in [-0.4, -0.2) is 54.5 Å². The van der Waals surface area contributed by atoms with Gasteiger partial charge in [0.2, 0.25) is 5.91 Å². The van der Waals surface area contributed by atoms with E-state index in [1.165, 1.54) is 4.90 Å². The molecule has 2 N–H and O–H groups in total. The van der Waals surface area contributed by atoms with Gasteiger partial charge in [-0.05, 0) is 13.8 Å². The summed E-state index contributed by atoms with van der Waals surface area (Å²) < 4.78 is 5.41. The van der Waals surface area contributed by atoms with E-state index in [4.69, 9.17) is 10.5 Å². The highest BCUT2D eigenvalue weighted by Crippen LogP contribution is 2.23. The number of hydrogen-bond donors (Lipinski definition) is 1. The molecule has 18 heavy (non-hydrogen) atoms. The van der Waals surface area contributed by atoms with Crippen molar-refractivity contribution >= 4 is 17.6 Å². The van der Waals surface area contributed by atoms with Crippen LogP contribution >= 0.6 is 0 Å². The van der Waals surface area contributed by atoms with Crippen LogP contribution < -0.4 is 5.73 Å². The van der Waals surface area contributed by atoms with E-state index in [2.05, 4.69) is 5.10 Å². The monoisotopic (exact) mass is 256 g/mol. The van der Waals surface area contributed by atoms with Crippen molar-refractivity contribution in [1.29, 1.82) is 0 Å². The van der Waals surface area contributed by atoms with Crippen LogP contribution in [0, 0.1) is 5.92 Å². The van der Waals surface area contributed by atoms with Gasteiger partial charge in [-0.15, -0.1) is 0 Å². The van der Waals surface area contributed by atoms with Crippen molar-refractivity contribution < 1.29 is 14.3 Å². The van der Waals surface area contributed by atoms with Crippen LogP contribution in [0.5, 0.6) is 0 Å². The summed E-state index contributed by atoms with van der Waals surface area (Å²) in [4.78, 5) is 24.8. The second-order valence-corrected chi connectivity index (χ2v) is 4.36. The van der Waals surface area contributed by atoms with Crippen LogP contribution in [0.25, 0.3) is 0 Å². The second kappa shape index (κ2) is 5.81. The van der Waals surface area contributed by atoms with Crippen molar-refractivity contribution in [2.24, 2.45) is 16.8 Å². The number of primary amides is 1. The van der Waals surface area contributed by atoms with E-state index in [-0.39, 0.29) is 11.8 Å². The molecule has 2 atom stereocenters. The Morgan fingerprint density at radius 1 is 1.56 bits per heavy atom. The number of hydrazone groups is 1. The van der Waals surface area contributed by atoms with Crippen molar-refractivity contribution in [3.63, 3.8) is 0 Å². The summed E-state index contributed by atoms with van der Waals surface area (Å²) in [7, 11) is 3.37. The number of hydrogen-bond acceptors (Lipinski definition) is 4. The highest BCUT2D eigenvalue weighted by atomic mass is 16.5. The Balaban J connectivity index is 2.96. The lowest BCUT2D eigenvalue weighted by Crippen LogP contribution is -2.49. The fourth-order valence-electron chi connectivity index (χ4n) is 1.89. The van der Waals surface area contributed by atoms with Crippen molar-refractivity contribution in [3.8, 4) is 0 Å². The molecule has 0 aromatic rings. The molecule has 102 valence electrons. The fraction of sp³-hybridized carbons (Fsp3) is 0.727. The molecule has 1 heterocycles. The molecule has 0 bridgehead atoms. The molecule has 7 nitrogen and oxygen atoms in total. The number of carbonyl (C=O) groups is 2. The molecule has 0 aromatic heterocycles. The quantitative estimate of drug-likeness (QED) is 0.783. The molecule has 7 heteroatoms. The highest BCUT2D eigenvalue weighted by Gasteiger charge is 2.36. The second-order valence-electron chi connectivity index (χ2n) is 4.36. The molecule has 0 aliphatic carbocycles. The number of nitrogens with two attached hydrogens (primary N) is 1. The van der Waals surface area contributed by atoms with Gasteiger partial charge in [-0.1, -0.05) is 0 Å². The first-order valence-electron chi connectivity index (χ1n) is 5.85. The SMILES string of the molecule is CCO[C@@H]1C[C@H](C(=O)N(C)C)C(C)=NN1C(N)=O. The maximum Gasteiger partial charge on any atom is 0.337 e. The Morgan fingerprint density at radius 2 is 2.17 bits per heavy atom. The summed E-state index contributed by atoms with van der Waals surface area (Å²) in [5, 5.41) is 5.17. The molecule has 0 unspecified atom stereocenters. The van der Waals surface area contributed by atoms with Gasteiger partial charge in [-0.3, -0.25) is 4.79 Å². The number of nitrogens with zero attached hydrogens (tertiary/aromatic N) is 3. The van der Waals surface area contributed by atoms with Crippen molar-refractivity contribution in [2.45, 2.75) is 26.5 Å². The van der Waals surface area contributed by atoms with Gasteiger partial charge < -0.3 is 15.4 Å². The smallest absolute Gasteiger partial charge is 0.337 e. The van der Waals surface area contributed by atoms with E-state index in [0.717, 1.165) is 5.01 Å². The van der Waals surface area contributed by atoms with E-state index >= 15 is 0 Å². The molecule has 0 spiro atoms. The van der Waals surface area contributed by atoms with Gasteiger partial charge in [0.05, 0.1) is 5.92 Å². The van der Waals surface area contributed by atoms with Crippen molar-refractivity contribution in [2.75, 3.05) is 20.7 Å². The number of amides is 3. The third-order valence-corrected chi connectivity index (χ3v) is 2.80. The number of rotatable bonds is 3. The van der Waals surface area contributed by atoms with E-state index in [1.54, 1.807) is 21.0 Å². The average molecular weight is 256 g/mol. The van der Waals surface area contributed by atoms with Crippen LogP contribution in [0.2, 0.25) is 0 Å². The first kappa shape index (κ1) is 14.4. The first-order valence-corrected chi connectivity index (χ1v) is 5.85. The first-order chi connectivity index (χ1) is 8.38. The largest absolute Gasteiger partial charge is 0.357 e. The van der Waals surface area contributed by atoms with Gasteiger partial charge in [0.1, 0.15) is 0 Å². The van der Waals surface area contributed by atoms with E-state index < -0.39 is 12.3 Å².